The van der Waals surface area contributed by atoms with E-state index in [1.165, 1.54) is 6.42 Å². The van der Waals surface area contributed by atoms with Crippen molar-refractivity contribution >= 4 is 10.8 Å². The van der Waals surface area contributed by atoms with Crippen molar-refractivity contribution in [2.45, 2.75) is 25.4 Å². The molecular weight excluding hydrogens is 226 g/mol. The first-order valence-corrected chi connectivity index (χ1v) is 6.45. The maximum absolute atomic E-state index is 6.04. The van der Waals surface area contributed by atoms with Crippen molar-refractivity contribution < 1.29 is 4.74 Å². The summed E-state index contributed by atoms with van der Waals surface area (Å²) in [7, 11) is 0. The first-order valence-electron chi connectivity index (χ1n) is 6.45. The molecule has 4 heteroatoms. The van der Waals surface area contributed by atoms with Gasteiger partial charge in [-0.25, -0.2) is 0 Å². The molecule has 1 aromatic carbocycles. The molecule has 18 heavy (non-hydrogen) atoms. The lowest BCUT2D eigenvalue weighted by Gasteiger charge is -2.19. The number of nitrogens with zero attached hydrogens (tertiary/aromatic N) is 2. The Balaban J connectivity index is 1.90. The van der Waals surface area contributed by atoms with Gasteiger partial charge in [0.2, 0.25) is 5.88 Å². The van der Waals surface area contributed by atoms with E-state index in [0.717, 1.165) is 23.6 Å². The summed E-state index contributed by atoms with van der Waals surface area (Å²) in [6, 6.07) is 8.02. The second kappa shape index (κ2) is 4.90. The van der Waals surface area contributed by atoms with Gasteiger partial charge in [-0.1, -0.05) is 18.2 Å². The molecule has 3 rings (SSSR count). The largest absolute Gasteiger partial charge is 0.473 e. The van der Waals surface area contributed by atoms with E-state index in [-0.39, 0.29) is 6.10 Å². The molecule has 1 heterocycles. The van der Waals surface area contributed by atoms with E-state index in [9.17, 15) is 0 Å². The van der Waals surface area contributed by atoms with Crippen LogP contribution in [0.2, 0.25) is 0 Å². The van der Waals surface area contributed by atoms with Gasteiger partial charge in [0.15, 0.2) is 0 Å². The summed E-state index contributed by atoms with van der Waals surface area (Å²) in [5.41, 5.74) is 5.77. The highest BCUT2D eigenvalue weighted by molar-refractivity contribution is 5.85. The Hall–Kier alpha value is -1.68. The average molecular weight is 243 g/mol. The number of ether oxygens (including phenoxy) is 1. The Morgan fingerprint density at radius 1 is 1.28 bits per heavy atom. The van der Waals surface area contributed by atoms with Crippen LogP contribution in [0.1, 0.15) is 19.3 Å². The first kappa shape index (κ1) is 11.4. The van der Waals surface area contributed by atoms with Crippen LogP contribution in [-0.4, -0.2) is 22.8 Å². The number of aromatic nitrogens is 2. The van der Waals surface area contributed by atoms with E-state index in [4.69, 9.17) is 10.5 Å². The lowest BCUT2D eigenvalue weighted by atomic mass is 10.1. The Morgan fingerprint density at radius 3 is 3.06 bits per heavy atom. The van der Waals surface area contributed by atoms with Crippen molar-refractivity contribution in [3.8, 4) is 5.88 Å². The zero-order chi connectivity index (χ0) is 12.4. The van der Waals surface area contributed by atoms with Crippen LogP contribution in [0.15, 0.2) is 30.5 Å². The lowest BCUT2D eigenvalue weighted by molar-refractivity contribution is 0.156. The van der Waals surface area contributed by atoms with Gasteiger partial charge in [0.05, 0.1) is 6.20 Å². The summed E-state index contributed by atoms with van der Waals surface area (Å²) in [5.74, 6) is 1.09. The minimum Gasteiger partial charge on any atom is -0.473 e. The monoisotopic (exact) mass is 243 g/mol. The third-order valence-electron chi connectivity index (χ3n) is 3.69. The summed E-state index contributed by atoms with van der Waals surface area (Å²) in [6.45, 7) is 0.683. The quantitative estimate of drug-likeness (QED) is 0.897. The standard InChI is InChI=1S/C14H17N3O/c15-8-10-5-3-7-13(10)18-14-12-6-2-1-4-11(12)9-16-17-14/h1-2,4,6,9-10,13H,3,5,7-8,15H2. The predicted octanol–water partition coefficient (Wildman–Crippen LogP) is 2.14. The highest BCUT2D eigenvalue weighted by atomic mass is 16.5. The fraction of sp³-hybridized carbons (Fsp3) is 0.429. The summed E-state index contributed by atoms with van der Waals surface area (Å²) in [5, 5.41) is 10.2. The molecule has 1 aliphatic rings. The van der Waals surface area contributed by atoms with Crippen LogP contribution >= 0.6 is 0 Å². The van der Waals surface area contributed by atoms with Gasteiger partial charge < -0.3 is 10.5 Å². The minimum absolute atomic E-state index is 0.190. The number of nitrogens with two attached hydrogens (primary N) is 1. The minimum atomic E-state index is 0.190. The number of hydrogen-bond donors (Lipinski definition) is 1. The highest BCUT2D eigenvalue weighted by Crippen LogP contribution is 2.30. The fourth-order valence-electron chi connectivity index (χ4n) is 2.66. The maximum atomic E-state index is 6.04. The van der Waals surface area contributed by atoms with Gasteiger partial charge in [-0.15, -0.1) is 5.10 Å². The summed E-state index contributed by atoms with van der Waals surface area (Å²) >= 11 is 0. The number of fused-ring (bicyclic) bond motifs is 1. The molecule has 0 spiro atoms. The zero-order valence-electron chi connectivity index (χ0n) is 10.2. The van der Waals surface area contributed by atoms with Gasteiger partial charge in [0.1, 0.15) is 6.10 Å². The number of benzene rings is 1. The van der Waals surface area contributed by atoms with Crippen molar-refractivity contribution in [2.75, 3.05) is 6.54 Å². The molecular formula is C14H17N3O. The van der Waals surface area contributed by atoms with Gasteiger partial charge in [-0.3, -0.25) is 0 Å². The van der Waals surface area contributed by atoms with E-state index in [1.54, 1.807) is 6.20 Å². The molecule has 1 aromatic heterocycles. The Labute approximate surface area is 106 Å². The van der Waals surface area contributed by atoms with Crippen LogP contribution in [0.25, 0.3) is 10.8 Å². The molecule has 94 valence electrons. The third kappa shape index (κ3) is 2.04. The van der Waals surface area contributed by atoms with Crippen LogP contribution in [0.4, 0.5) is 0 Å². The summed E-state index contributed by atoms with van der Waals surface area (Å²) in [6.07, 6.45) is 5.35. The van der Waals surface area contributed by atoms with Gasteiger partial charge in [0, 0.05) is 16.7 Å². The second-order valence-corrected chi connectivity index (χ2v) is 4.82. The van der Waals surface area contributed by atoms with Gasteiger partial charge in [-0.05, 0) is 31.9 Å². The van der Waals surface area contributed by atoms with E-state index < -0.39 is 0 Å². The summed E-state index contributed by atoms with van der Waals surface area (Å²) in [4.78, 5) is 0. The zero-order valence-corrected chi connectivity index (χ0v) is 10.2. The Morgan fingerprint density at radius 2 is 2.17 bits per heavy atom. The molecule has 0 saturated heterocycles. The highest BCUT2D eigenvalue weighted by Gasteiger charge is 2.28. The molecule has 0 aliphatic heterocycles. The first-order chi connectivity index (χ1) is 8.88. The van der Waals surface area contributed by atoms with E-state index >= 15 is 0 Å². The molecule has 1 aliphatic carbocycles. The normalized spacial score (nSPS) is 23.4. The van der Waals surface area contributed by atoms with E-state index in [0.29, 0.717) is 18.3 Å². The number of rotatable bonds is 3. The molecule has 2 aromatic rings. The lowest BCUT2D eigenvalue weighted by Crippen LogP contribution is -2.28. The predicted molar refractivity (Wildman–Crippen MR) is 70.3 cm³/mol. The molecule has 2 atom stereocenters. The summed E-state index contributed by atoms with van der Waals surface area (Å²) < 4.78 is 6.04. The molecule has 0 bridgehead atoms. The number of hydrogen-bond acceptors (Lipinski definition) is 4. The molecule has 4 nitrogen and oxygen atoms in total. The molecule has 0 amide bonds. The fourth-order valence-corrected chi connectivity index (χ4v) is 2.66. The van der Waals surface area contributed by atoms with Gasteiger partial charge in [0.25, 0.3) is 0 Å². The maximum Gasteiger partial charge on any atom is 0.241 e. The molecule has 0 radical (unpaired) electrons. The van der Waals surface area contributed by atoms with Crippen LogP contribution < -0.4 is 10.5 Å². The van der Waals surface area contributed by atoms with Gasteiger partial charge >= 0.3 is 0 Å². The van der Waals surface area contributed by atoms with Crippen LogP contribution in [0.3, 0.4) is 0 Å². The second-order valence-electron chi connectivity index (χ2n) is 4.82. The van der Waals surface area contributed by atoms with Crippen molar-refractivity contribution in [3.63, 3.8) is 0 Å². The van der Waals surface area contributed by atoms with Crippen molar-refractivity contribution in [2.24, 2.45) is 11.7 Å². The van der Waals surface area contributed by atoms with Crippen molar-refractivity contribution in [3.05, 3.63) is 30.5 Å². The molecule has 1 saturated carbocycles. The smallest absolute Gasteiger partial charge is 0.241 e. The topological polar surface area (TPSA) is 61.0 Å². The van der Waals surface area contributed by atoms with Crippen LogP contribution in [0.5, 0.6) is 5.88 Å². The molecule has 1 fully saturated rings. The van der Waals surface area contributed by atoms with E-state index in [1.807, 2.05) is 24.3 Å². The van der Waals surface area contributed by atoms with E-state index in [2.05, 4.69) is 10.2 Å². The van der Waals surface area contributed by atoms with Gasteiger partial charge in [-0.2, -0.15) is 5.10 Å². The molecule has 2 unspecified atom stereocenters. The molecule has 2 N–H and O–H groups in total. The third-order valence-corrected chi connectivity index (χ3v) is 3.69. The average Bonchev–Trinajstić information content (AvgIpc) is 2.86. The Bertz CT molecular complexity index is 538. The van der Waals surface area contributed by atoms with Crippen LogP contribution in [0, 0.1) is 5.92 Å². The SMILES string of the molecule is NCC1CCCC1Oc1nncc2ccccc12. The van der Waals surface area contributed by atoms with Crippen LogP contribution in [-0.2, 0) is 0 Å². The Kier molecular flexibility index (Phi) is 3.11. The van der Waals surface area contributed by atoms with Crippen molar-refractivity contribution in [1.29, 1.82) is 0 Å². The van der Waals surface area contributed by atoms with Crippen molar-refractivity contribution in [1.82, 2.24) is 10.2 Å².